The molecule has 2 N–H and O–H groups in total. The van der Waals surface area contributed by atoms with Crippen LogP contribution in [0.15, 0.2) is 146 Å². The monoisotopic (exact) mass is 558 g/mol. The zero-order chi connectivity index (χ0) is 28.8. The lowest BCUT2D eigenvalue weighted by molar-refractivity contribution is 1.55. The fourth-order valence-corrected chi connectivity index (χ4v) is 7.50. The number of nitrogens with one attached hydrogen (secondary N) is 2. The van der Waals surface area contributed by atoms with Gasteiger partial charge in [-0.05, 0) is 91.0 Å². The van der Waals surface area contributed by atoms with Crippen LogP contribution in [0.25, 0.3) is 98.2 Å². The van der Waals surface area contributed by atoms with Crippen molar-refractivity contribution in [3.8, 4) is 22.3 Å². The van der Waals surface area contributed by atoms with Crippen molar-refractivity contribution in [3.63, 3.8) is 0 Å². The van der Waals surface area contributed by atoms with Crippen molar-refractivity contribution in [3.05, 3.63) is 146 Å². The second kappa shape index (κ2) is 8.82. The Kier molecular flexibility index (Phi) is 4.75. The molecule has 204 valence electrons. The molecule has 0 saturated carbocycles. The molecular formula is C42H26N2. The quantitative estimate of drug-likeness (QED) is 0.198. The summed E-state index contributed by atoms with van der Waals surface area (Å²) in [6.45, 7) is 0. The van der Waals surface area contributed by atoms with Crippen LogP contribution in [-0.2, 0) is 0 Å². The van der Waals surface area contributed by atoms with Crippen molar-refractivity contribution in [1.82, 2.24) is 9.97 Å². The van der Waals surface area contributed by atoms with E-state index in [0.717, 1.165) is 5.52 Å². The average Bonchev–Trinajstić information content (AvgIpc) is 3.62. The molecule has 0 saturated heterocycles. The van der Waals surface area contributed by atoms with E-state index in [1.807, 2.05) is 0 Å². The number of rotatable bonds is 2. The highest BCUT2D eigenvalue weighted by atomic mass is 14.7. The molecular weight excluding hydrogens is 532 g/mol. The summed E-state index contributed by atoms with van der Waals surface area (Å²) in [5, 5.41) is 12.6. The maximum absolute atomic E-state index is 3.74. The standard InChI is InChI=1S/C42H26N2/c1-2-10-26-23-40-36(21-25(26)9-1)30-19-17-28(24-39(30)44-40)42-33-14-5-3-12-31(33)41(32-13-4-6-15-34(32)42)27-18-20-38-35(22-27)29-11-7-8-16-37(29)43-38/h1-24,43-44H. The van der Waals surface area contributed by atoms with Crippen LogP contribution in [0.4, 0.5) is 0 Å². The first-order chi connectivity index (χ1) is 21.8. The van der Waals surface area contributed by atoms with Crippen LogP contribution in [-0.4, -0.2) is 9.97 Å². The molecule has 44 heavy (non-hydrogen) atoms. The molecule has 2 heteroatoms. The highest BCUT2D eigenvalue weighted by molar-refractivity contribution is 6.23. The minimum absolute atomic E-state index is 1.16. The lowest BCUT2D eigenvalue weighted by Gasteiger charge is -2.18. The Morgan fingerprint density at radius 2 is 0.727 bits per heavy atom. The van der Waals surface area contributed by atoms with E-state index < -0.39 is 0 Å². The van der Waals surface area contributed by atoms with Crippen molar-refractivity contribution in [1.29, 1.82) is 0 Å². The Hall–Kier alpha value is -5.86. The van der Waals surface area contributed by atoms with Gasteiger partial charge in [0, 0.05) is 43.6 Å². The van der Waals surface area contributed by atoms with E-state index in [9.17, 15) is 0 Å². The zero-order valence-electron chi connectivity index (χ0n) is 23.9. The minimum Gasteiger partial charge on any atom is -0.355 e. The highest BCUT2D eigenvalue weighted by Crippen LogP contribution is 2.45. The van der Waals surface area contributed by atoms with Gasteiger partial charge in [0.15, 0.2) is 0 Å². The summed E-state index contributed by atoms with van der Waals surface area (Å²) in [5.74, 6) is 0. The van der Waals surface area contributed by atoms with Crippen LogP contribution >= 0.6 is 0 Å². The first-order valence-corrected chi connectivity index (χ1v) is 15.2. The molecule has 0 fully saturated rings. The molecule has 10 rings (SSSR count). The van der Waals surface area contributed by atoms with Crippen molar-refractivity contribution < 1.29 is 0 Å². The second-order valence-electron chi connectivity index (χ2n) is 11.9. The summed E-state index contributed by atoms with van der Waals surface area (Å²) >= 11 is 0. The summed E-state index contributed by atoms with van der Waals surface area (Å²) in [4.78, 5) is 7.33. The van der Waals surface area contributed by atoms with Gasteiger partial charge < -0.3 is 9.97 Å². The molecule has 0 bridgehead atoms. The van der Waals surface area contributed by atoms with E-state index in [1.54, 1.807) is 0 Å². The smallest absolute Gasteiger partial charge is 0.0471 e. The fraction of sp³-hybridized carbons (Fsp3) is 0. The number of para-hydroxylation sites is 1. The number of hydrogen-bond acceptors (Lipinski definition) is 0. The Balaban J connectivity index is 1.25. The summed E-state index contributed by atoms with van der Waals surface area (Å²) in [7, 11) is 0. The van der Waals surface area contributed by atoms with Gasteiger partial charge in [-0.15, -0.1) is 0 Å². The average molecular weight is 559 g/mol. The predicted octanol–water partition coefficient (Wildman–Crippen LogP) is 11.7. The maximum Gasteiger partial charge on any atom is 0.0471 e. The van der Waals surface area contributed by atoms with Crippen LogP contribution in [0.5, 0.6) is 0 Å². The molecule has 10 aromatic rings. The molecule has 2 nitrogen and oxygen atoms in total. The Bertz CT molecular complexity index is 2720. The summed E-state index contributed by atoms with van der Waals surface area (Å²) in [6, 6.07) is 53.4. The molecule has 0 aliphatic heterocycles. The molecule has 2 heterocycles. The number of aromatic amines is 2. The van der Waals surface area contributed by atoms with E-state index in [1.165, 1.54) is 92.7 Å². The van der Waals surface area contributed by atoms with E-state index in [4.69, 9.17) is 0 Å². The summed E-state index contributed by atoms with van der Waals surface area (Å²) in [5.41, 5.74) is 9.69. The number of benzene rings is 8. The van der Waals surface area contributed by atoms with Crippen LogP contribution in [0.1, 0.15) is 0 Å². The largest absolute Gasteiger partial charge is 0.355 e. The van der Waals surface area contributed by atoms with E-state index in [2.05, 4.69) is 156 Å². The SMILES string of the molecule is c1ccc2cc3c(cc2c1)[nH]c1cc(-c2c4ccccc4c(-c4ccc5[nH]c6ccccc6c5c4)c4ccccc24)ccc13. The molecule has 0 spiro atoms. The maximum atomic E-state index is 3.74. The zero-order valence-corrected chi connectivity index (χ0v) is 23.9. The number of fused-ring (bicyclic) bond motifs is 9. The predicted molar refractivity (Wildman–Crippen MR) is 189 cm³/mol. The van der Waals surface area contributed by atoms with Crippen molar-refractivity contribution in [2.24, 2.45) is 0 Å². The first-order valence-electron chi connectivity index (χ1n) is 15.2. The van der Waals surface area contributed by atoms with Gasteiger partial charge in [0.2, 0.25) is 0 Å². The van der Waals surface area contributed by atoms with Crippen LogP contribution in [0.3, 0.4) is 0 Å². The Morgan fingerprint density at radius 3 is 1.43 bits per heavy atom. The molecule has 0 unspecified atom stereocenters. The number of hydrogen-bond donors (Lipinski definition) is 2. The first kappa shape index (κ1) is 23.7. The minimum atomic E-state index is 1.16. The summed E-state index contributed by atoms with van der Waals surface area (Å²) in [6.07, 6.45) is 0. The lowest BCUT2D eigenvalue weighted by atomic mass is 9.85. The second-order valence-corrected chi connectivity index (χ2v) is 11.9. The Labute approximate surface area is 253 Å². The molecule has 0 atom stereocenters. The van der Waals surface area contributed by atoms with Gasteiger partial charge in [-0.1, -0.05) is 109 Å². The number of aromatic nitrogens is 2. The van der Waals surface area contributed by atoms with Gasteiger partial charge in [0.1, 0.15) is 0 Å². The number of H-pyrrole nitrogens is 2. The lowest BCUT2D eigenvalue weighted by Crippen LogP contribution is -1.91. The fourth-order valence-electron chi connectivity index (χ4n) is 7.50. The highest BCUT2D eigenvalue weighted by Gasteiger charge is 2.18. The Morgan fingerprint density at radius 1 is 0.273 bits per heavy atom. The van der Waals surface area contributed by atoms with Gasteiger partial charge in [-0.2, -0.15) is 0 Å². The van der Waals surface area contributed by atoms with Gasteiger partial charge >= 0.3 is 0 Å². The van der Waals surface area contributed by atoms with Gasteiger partial charge in [0.05, 0.1) is 0 Å². The van der Waals surface area contributed by atoms with E-state index in [0.29, 0.717) is 0 Å². The van der Waals surface area contributed by atoms with Gasteiger partial charge in [-0.3, -0.25) is 0 Å². The van der Waals surface area contributed by atoms with Crippen molar-refractivity contribution >= 4 is 75.9 Å². The third-order valence-corrected chi connectivity index (χ3v) is 9.48. The van der Waals surface area contributed by atoms with Crippen LogP contribution in [0.2, 0.25) is 0 Å². The molecule has 0 aliphatic carbocycles. The third-order valence-electron chi connectivity index (χ3n) is 9.48. The van der Waals surface area contributed by atoms with Crippen LogP contribution in [0, 0.1) is 0 Å². The normalized spacial score (nSPS) is 12.1. The van der Waals surface area contributed by atoms with Crippen molar-refractivity contribution in [2.75, 3.05) is 0 Å². The molecule has 0 aliphatic rings. The molecule has 2 aromatic heterocycles. The molecule has 0 amide bonds. The third kappa shape index (κ3) is 3.31. The molecule has 0 radical (unpaired) electrons. The van der Waals surface area contributed by atoms with Gasteiger partial charge in [0.25, 0.3) is 0 Å². The van der Waals surface area contributed by atoms with E-state index >= 15 is 0 Å². The van der Waals surface area contributed by atoms with Crippen molar-refractivity contribution in [2.45, 2.75) is 0 Å². The topological polar surface area (TPSA) is 31.6 Å². The van der Waals surface area contributed by atoms with E-state index in [-0.39, 0.29) is 0 Å². The van der Waals surface area contributed by atoms with Gasteiger partial charge in [-0.25, -0.2) is 0 Å². The molecule has 8 aromatic carbocycles. The van der Waals surface area contributed by atoms with Crippen LogP contribution < -0.4 is 0 Å². The summed E-state index contributed by atoms with van der Waals surface area (Å²) < 4.78 is 0.